The number of hydrogen-bond donors (Lipinski definition) is 1. The molecule has 0 aliphatic carbocycles. The van der Waals surface area contributed by atoms with Crippen molar-refractivity contribution in [3.63, 3.8) is 0 Å². The number of hydrogen-bond acceptors (Lipinski definition) is 3. The molecule has 1 aliphatic rings. The fourth-order valence-corrected chi connectivity index (χ4v) is 1.36. The highest BCUT2D eigenvalue weighted by atomic mass is 16.6. The predicted molar refractivity (Wildman–Crippen MR) is 40.4 cm³/mol. The Hall–Kier alpha value is -0.120. The van der Waals surface area contributed by atoms with Crippen molar-refractivity contribution in [1.82, 2.24) is 4.90 Å². The molecule has 1 rings (SSSR count). The molecule has 0 bridgehead atoms. The Morgan fingerprint density at radius 1 is 1.50 bits per heavy atom. The molecule has 3 heteroatoms. The summed E-state index contributed by atoms with van der Waals surface area (Å²) in [7, 11) is 2.15. The largest absolute Gasteiger partial charge is 0.306 e. The van der Waals surface area contributed by atoms with Gasteiger partial charge in [-0.25, -0.2) is 5.90 Å². The summed E-state index contributed by atoms with van der Waals surface area (Å²) in [4.78, 5) is 6.94. The topological polar surface area (TPSA) is 38.5 Å². The molecule has 0 amide bonds. The second-order valence-corrected chi connectivity index (χ2v) is 3.08. The minimum atomic E-state index is 0.696. The second kappa shape index (κ2) is 3.91. The van der Waals surface area contributed by atoms with Crippen molar-refractivity contribution in [3.05, 3.63) is 0 Å². The van der Waals surface area contributed by atoms with Crippen molar-refractivity contribution in [2.45, 2.75) is 12.8 Å². The Bertz CT molecular complexity index is 89.6. The molecule has 60 valence electrons. The molecule has 1 aliphatic heterocycles. The molecule has 0 spiro atoms. The van der Waals surface area contributed by atoms with Gasteiger partial charge in [0, 0.05) is 0 Å². The van der Waals surface area contributed by atoms with Crippen LogP contribution in [0.4, 0.5) is 0 Å². The van der Waals surface area contributed by atoms with E-state index in [-0.39, 0.29) is 0 Å². The van der Waals surface area contributed by atoms with E-state index in [2.05, 4.69) is 16.8 Å². The highest BCUT2D eigenvalue weighted by Gasteiger charge is 2.15. The maximum atomic E-state index is 4.98. The Kier molecular flexibility index (Phi) is 3.12. The van der Waals surface area contributed by atoms with Crippen LogP contribution < -0.4 is 5.90 Å². The second-order valence-electron chi connectivity index (χ2n) is 3.08. The smallest absolute Gasteiger partial charge is 0.0708 e. The van der Waals surface area contributed by atoms with Gasteiger partial charge in [-0.2, -0.15) is 0 Å². The summed E-state index contributed by atoms with van der Waals surface area (Å²) in [6.45, 7) is 3.11. The molecule has 0 aromatic rings. The Morgan fingerprint density at radius 3 is 2.60 bits per heavy atom. The van der Waals surface area contributed by atoms with Crippen molar-refractivity contribution in [2.24, 2.45) is 11.8 Å². The fraction of sp³-hybridized carbons (Fsp3) is 1.00. The molecule has 1 saturated heterocycles. The summed E-state index contributed by atoms with van der Waals surface area (Å²) >= 11 is 0. The standard InChI is InChI=1S/C7H16N2O/c1-9-4-2-7(3-5-9)6-10-8/h7H,2-6,8H2,1H3. The number of likely N-dealkylation sites (tertiary alicyclic amines) is 1. The zero-order chi connectivity index (χ0) is 7.40. The van der Waals surface area contributed by atoms with Gasteiger partial charge in [0.05, 0.1) is 6.61 Å². The average Bonchev–Trinajstić information content (AvgIpc) is 1.95. The maximum Gasteiger partial charge on any atom is 0.0708 e. The predicted octanol–water partition coefficient (Wildman–Crippen LogP) is 0.218. The monoisotopic (exact) mass is 144 g/mol. The van der Waals surface area contributed by atoms with Crippen LogP contribution in [0.3, 0.4) is 0 Å². The van der Waals surface area contributed by atoms with Crippen LogP contribution in [0.1, 0.15) is 12.8 Å². The van der Waals surface area contributed by atoms with Gasteiger partial charge in [0.15, 0.2) is 0 Å². The summed E-state index contributed by atoms with van der Waals surface area (Å²) in [5.41, 5.74) is 0. The first-order valence-electron chi connectivity index (χ1n) is 3.83. The van der Waals surface area contributed by atoms with Crippen LogP contribution >= 0.6 is 0 Å². The van der Waals surface area contributed by atoms with Crippen molar-refractivity contribution in [1.29, 1.82) is 0 Å². The van der Waals surface area contributed by atoms with Gasteiger partial charge in [-0.1, -0.05) is 0 Å². The van der Waals surface area contributed by atoms with E-state index in [0.717, 1.165) is 6.61 Å². The zero-order valence-corrected chi connectivity index (χ0v) is 6.55. The Labute approximate surface area is 62.1 Å². The third-order valence-electron chi connectivity index (χ3n) is 2.17. The van der Waals surface area contributed by atoms with E-state index >= 15 is 0 Å². The third-order valence-corrected chi connectivity index (χ3v) is 2.17. The molecule has 1 fully saturated rings. The highest BCUT2D eigenvalue weighted by Crippen LogP contribution is 2.14. The lowest BCUT2D eigenvalue weighted by Crippen LogP contribution is -2.32. The van der Waals surface area contributed by atoms with Gasteiger partial charge in [-0.15, -0.1) is 0 Å². The quantitative estimate of drug-likeness (QED) is 0.563. The highest BCUT2D eigenvalue weighted by molar-refractivity contribution is 4.68. The number of nitrogens with zero attached hydrogens (tertiary/aromatic N) is 1. The van der Waals surface area contributed by atoms with Gasteiger partial charge in [-0.3, -0.25) is 0 Å². The molecule has 0 aromatic heterocycles. The summed E-state index contributed by atoms with van der Waals surface area (Å²) in [6, 6.07) is 0. The lowest BCUT2D eigenvalue weighted by molar-refractivity contribution is 0.0729. The van der Waals surface area contributed by atoms with E-state index < -0.39 is 0 Å². The Morgan fingerprint density at radius 2 is 2.10 bits per heavy atom. The van der Waals surface area contributed by atoms with Crippen molar-refractivity contribution in [3.8, 4) is 0 Å². The van der Waals surface area contributed by atoms with E-state index in [1.807, 2.05) is 0 Å². The zero-order valence-electron chi connectivity index (χ0n) is 6.55. The first-order chi connectivity index (χ1) is 4.83. The van der Waals surface area contributed by atoms with Gasteiger partial charge < -0.3 is 9.74 Å². The van der Waals surface area contributed by atoms with Crippen LogP contribution in [0, 0.1) is 5.92 Å². The molecular formula is C7H16N2O. The fourth-order valence-electron chi connectivity index (χ4n) is 1.36. The molecule has 10 heavy (non-hydrogen) atoms. The minimum absolute atomic E-state index is 0.696. The van der Waals surface area contributed by atoms with E-state index in [1.54, 1.807) is 0 Å². The first kappa shape index (κ1) is 7.98. The van der Waals surface area contributed by atoms with Gasteiger partial charge >= 0.3 is 0 Å². The molecule has 0 unspecified atom stereocenters. The molecule has 0 radical (unpaired) electrons. The van der Waals surface area contributed by atoms with Crippen molar-refractivity contribution < 1.29 is 4.84 Å². The van der Waals surface area contributed by atoms with Crippen LogP contribution in [0.25, 0.3) is 0 Å². The minimum Gasteiger partial charge on any atom is -0.306 e. The third kappa shape index (κ3) is 2.25. The van der Waals surface area contributed by atoms with Crippen molar-refractivity contribution >= 4 is 0 Å². The maximum absolute atomic E-state index is 4.98. The lowest BCUT2D eigenvalue weighted by atomic mass is 9.98. The SMILES string of the molecule is CN1CCC(CON)CC1. The van der Waals surface area contributed by atoms with E-state index in [0.29, 0.717) is 5.92 Å². The van der Waals surface area contributed by atoms with Gasteiger partial charge in [0.2, 0.25) is 0 Å². The summed E-state index contributed by atoms with van der Waals surface area (Å²) in [5, 5.41) is 0. The van der Waals surface area contributed by atoms with Gasteiger partial charge in [0.1, 0.15) is 0 Å². The molecule has 0 aromatic carbocycles. The van der Waals surface area contributed by atoms with Crippen LogP contribution in [-0.4, -0.2) is 31.6 Å². The normalized spacial score (nSPS) is 23.4. The number of nitrogens with two attached hydrogens (primary N) is 1. The van der Waals surface area contributed by atoms with E-state index in [1.165, 1.54) is 25.9 Å². The first-order valence-corrected chi connectivity index (χ1v) is 3.83. The molecule has 2 N–H and O–H groups in total. The molecule has 1 heterocycles. The number of rotatable bonds is 2. The van der Waals surface area contributed by atoms with E-state index in [4.69, 9.17) is 5.90 Å². The average molecular weight is 144 g/mol. The van der Waals surface area contributed by atoms with Gasteiger partial charge in [0.25, 0.3) is 0 Å². The molecule has 0 saturated carbocycles. The van der Waals surface area contributed by atoms with Gasteiger partial charge in [-0.05, 0) is 38.9 Å². The Balaban J connectivity index is 2.13. The molecule has 3 nitrogen and oxygen atoms in total. The molecular weight excluding hydrogens is 128 g/mol. The van der Waals surface area contributed by atoms with Crippen LogP contribution in [0.5, 0.6) is 0 Å². The summed E-state index contributed by atoms with van der Waals surface area (Å²) in [5.74, 6) is 5.68. The molecule has 0 atom stereocenters. The number of piperidine rings is 1. The lowest BCUT2D eigenvalue weighted by Gasteiger charge is -2.27. The van der Waals surface area contributed by atoms with Crippen molar-refractivity contribution in [2.75, 3.05) is 26.7 Å². The van der Waals surface area contributed by atoms with E-state index in [9.17, 15) is 0 Å². The van der Waals surface area contributed by atoms with Crippen LogP contribution in [0.15, 0.2) is 0 Å². The van der Waals surface area contributed by atoms with Crippen LogP contribution in [0.2, 0.25) is 0 Å². The summed E-state index contributed by atoms with van der Waals surface area (Å²) < 4.78 is 0. The van der Waals surface area contributed by atoms with Crippen LogP contribution in [-0.2, 0) is 4.84 Å². The summed E-state index contributed by atoms with van der Waals surface area (Å²) in [6.07, 6.45) is 2.46.